The zero-order valence-electron chi connectivity index (χ0n) is 11.4. The number of rotatable bonds is 6. The van der Waals surface area contributed by atoms with Crippen molar-refractivity contribution in [2.45, 2.75) is 53.0 Å². The van der Waals surface area contributed by atoms with Gasteiger partial charge in [0.2, 0.25) is 0 Å². The lowest BCUT2D eigenvalue weighted by atomic mass is 9.97. The molecule has 92 valence electrons. The van der Waals surface area contributed by atoms with Crippen LogP contribution in [0.2, 0.25) is 0 Å². The molecule has 1 aromatic heterocycles. The molecule has 2 N–H and O–H groups in total. The van der Waals surface area contributed by atoms with E-state index >= 15 is 0 Å². The minimum absolute atomic E-state index is 0.608. The maximum atomic E-state index is 3.43. The molecule has 1 rings (SSSR count). The molecule has 0 aliphatic heterocycles. The summed E-state index contributed by atoms with van der Waals surface area (Å²) >= 11 is 0. The van der Waals surface area contributed by atoms with E-state index in [1.165, 1.54) is 29.7 Å². The van der Waals surface area contributed by atoms with Crippen molar-refractivity contribution in [1.82, 2.24) is 10.3 Å². The Hall–Kier alpha value is -0.760. The van der Waals surface area contributed by atoms with Crippen LogP contribution in [0, 0.1) is 19.8 Å². The fourth-order valence-electron chi connectivity index (χ4n) is 2.01. The number of nitrogens with one attached hydrogen (secondary N) is 2. The molecule has 0 saturated carbocycles. The molecule has 1 aromatic rings. The first kappa shape index (κ1) is 13.3. The van der Waals surface area contributed by atoms with Crippen molar-refractivity contribution in [2.24, 2.45) is 5.92 Å². The third-order valence-corrected chi connectivity index (χ3v) is 3.47. The molecule has 0 amide bonds. The summed E-state index contributed by atoms with van der Waals surface area (Å²) in [7, 11) is 2.07. The second-order valence-corrected chi connectivity index (χ2v) is 5.22. The molecule has 0 aliphatic rings. The Labute approximate surface area is 99.8 Å². The van der Waals surface area contributed by atoms with E-state index in [9.17, 15) is 0 Å². The highest BCUT2D eigenvalue weighted by molar-refractivity contribution is 5.29. The van der Waals surface area contributed by atoms with Crippen LogP contribution in [0.15, 0.2) is 6.20 Å². The summed E-state index contributed by atoms with van der Waals surface area (Å²) in [6.45, 7) is 8.93. The lowest BCUT2D eigenvalue weighted by Gasteiger charge is -2.17. The Bertz CT molecular complexity index is 313. The van der Waals surface area contributed by atoms with Crippen LogP contribution in [-0.4, -0.2) is 18.1 Å². The number of aryl methyl sites for hydroxylation is 1. The number of aromatic amines is 1. The fraction of sp³-hybridized carbons (Fsp3) is 0.714. The summed E-state index contributed by atoms with van der Waals surface area (Å²) in [6.07, 6.45) is 5.86. The molecule has 16 heavy (non-hydrogen) atoms. The molecular formula is C14H26N2. The topological polar surface area (TPSA) is 27.8 Å². The number of aromatic nitrogens is 1. The van der Waals surface area contributed by atoms with E-state index in [1.54, 1.807) is 0 Å². The molecule has 0 radical (unpaired) electrons. The van der Waals surface area contributed by atoms with Gasteiger partial charge < -0.3 is 10.3 Å². The smallest absolute Gasteiger partial charge is 0.0148 e. The summed E-state index contributed by atoms with van der Waals surface area (Å²) in [6, 6.07) is 0.608. The van der Waals surface area contributed by atoms with Gasteiger partial charge in [0.05, 0.1) is 0 Å². The van der Waals surface area contributed by atoms with Crippen LogP contribution in [0.5, 0.6) is 0 Å². The minimum atomic E-state index is 0.608. The van der Waals surface area contributed by atoms with Gasteiger partial charge >= 0.3 is 0 Å². The zero-order valence-corrected chi connectivity index (χ0v) is 11.4. The van der Waals surface area contributed by atoms with Crippen molar-refractivity contribution >= 4 is 0 Å². The quantitative estimate of drug-likeness (QED) is 0.760. The summed E-state index contributed by atoms with van der Waals surface area (Å²) in [4.78, 5) is 3.30. The van der Waals surface area contributed by atoms with Gasteiger partial charge in [0.25, 0.3) is 0 Å². The van der Waals surface area contributed by atoms with Crippen LogP contribution in [0.3, 0.4) is 0 Å². The Morgan fingerprint density at radius 3 is 2.38 bits per heavy atom. The zero-order chi connectivity index (χ0) is 12.1. The van der Waals surface area contributed by atoms with Crippen LogP contribution in [0.25, 0.3) is 0 Å². The lowest BCUT2D eigenvalue weighted by molar-refractivity contribution is 0.450. The minimum Gasteiger partial charge on any atom is -0.365 e. The molecule has 1 atom stereocenters. The molecule has 1 heterocycles. The predicted molar refractivity (Wildman–Crippen MR) is 70.9 cm³/mol. The van der Waals surface area contributed by atoms with E-state index in [0.29, 0.717) is 6.04 Å². The first-order valence-corrected chi connectivity index (χ1v) is 6.35. The van der Waals surface area contributed by atoms with E-state index in [0.717, 1.165) is 12.3 Å². The SMILES string of the molecule is CNC(CCC(C)C)Cc1c[nH]c(C)c1C. The van der Waals surface area contributed by atoms with Gasteiger partial charge in [-0.25, -0.2) is 0 Å². The van der Waals surface area contributed by atoms with E-state index in [-0.39, 0.29) is 0 Å². The maximum Gasteiger partial charge on any atom is 0.0148 e. The molecule has 0 spiro atoms. The van der Waals surface area contributed by atoms with Gasteiger partial charge in [-0.2, -0.15) is 0 Å². The van der Waals surface area contributed by atoms with Gasteiger partial charge in [-0.15, -0.1) is 0 Å². The first-order valence-electron chi connectivity index (χ1n) is 6.35. The van der Waals surface area contributed by atoms with Gasteiger partial charge in [-0.3, -0.25) is 0 Å². The van der Waals surface area contributed by atoms with Crippen LogP contribution < -0.4 is 5.32 Å². The van der Waals surface area contributed by atoms with Crippen LogP contribution in [0.1, 0.15) is 43.5 Å². The summed E-state index contributed by atoms with van der Waals surface area (Å²) < 4.78 is 0. The average Bonchev–Trinajstić information content (AvgIpc) is 2.55. The second-order valence-electron chi connectivity index (χ2n) is 5.22. The molecule has 0 fully saturated rings. The van der Waals surface area contributed by atoms with Gasteiger partial charge in [0, 0.05) is 17.9 Å². The Balaban J connectivity index is 2.53. The fourth-order valence-corrected chi connectivity index (χ4v) is 2.01. The van der Waals surface area contributed by atoms with Crippen molar-refractivity contribution in [3.63, 3.8) is 0 Å². The standard InChI is InChI=1S/C14H26N2/c1-10(2)6-7-14(15-5)8-13-9-16-12(4)11(13)3/h9-10,14-16H,6-8H2,1-5H3. The highest BCUT2D eigenvalue weighted by atomic mass is 14.9. The number of hydrogen-bond donors (Lipinski definition) is 2. The molecule has 1 unspecified atom stereocenters. The van der Waals surface area contributed by atoms with Crippen molar-refractivity contribution in [1.29, 1.82) is 0 Å². The monoisotopic (exact) mass is 222 g/mol. The van der Waals surface area contributed by atoms with Crippen molar-refractivity contribution in [2.75, 3.05) is 7.05 Å². The lowest BCUT2D eigenvalue weighted by Crippen LogP contribution is -2.28. The van der Waals surface area contributed by atoms with Gasteiger partial charge in [0.15, 0.2) is 0 Å². The van der Waals surface area contributed by atoms with Crippen LogP contribution in [-0.2, 0) is 6.42 Å². The van der Waals surface area contributed by atoms with Crippen molar-refractivity contribution in [3.8, 4) is 0 Å². The van der Waals surface area contributed by atoms with Crippen LogP contribution in [0.4, 0.5) is 0 Å². The summed E-state index contributed by atoms with van der Waals surface area (Å²) in [5.74, 6) is 0.796. The number of H-pyrrole nitrogens is 1. The number of hydrogen-bond acceptors (Lipinski definition) is 1. The third kappa shape index (κ3) is 3.67. The van der Waals surface area contributed by atoms with E-state index < -0.39 is 0 Å². The predicted octanol–water partition coefficient (Wildman–Crippen LogP) is 3.20. The summed E-state index contributed by atoms with van der Waals surface area (Å²) in [5, 5.41) is 3.43. The third-order valence-electron chi connectivity index (χ3n) is 3.47. The van der Waals surface area contributed by atoms with Gasteiger partial charge in [-0.1, -0.05) is 13.8 Å². The summed E-state index contributed by atoms with van der Waals surface area (Å²) in [5.41, 5.74) is 4.18. The molecule has 2 nitrogen and oxygen atoms in total. The van der Waals surface area contributed by atoms with Crippen molar-refractivity contribution in [3.05, 3.63) is 23.0 Å². The second kappa shape index (κ2) is 6.09. The highest BCUT2D eigenvalue weighted by Gasteiger charge is 2.11. The Kier molecular flexibility index (Phi) is 5.07. The molecule has 0 bridgehead atoms. The van der Waals surface area contributed by atoms with Gasteiger partial charge in [-0.05, 0) is 57.2 Å². The van der Waals surface area contributed by atoms with E-state index in [2.05, 4.69) is 51.2 Å². The van der Waals surface area contributed by atoms with E-state index in [4.69, 9.17) is 0 Å². The molecule has 0 saturated heterocycles. The highest BCUT2D eigenvalue weighted by Crippen LogP contribution is 2.16. The maximum absolute atomic E-state index is 3.43. The van der Waals surface area contributed by atoms with Crippen LogP contribution >= 0.6 is 0 Å². The normalized spacial score (nSPS) is 13.4. The first-order chi connectivity index (χ1) is 7.54. The Morgan fingerprint density at radius 1 is 1.25 bits per heavy atom. The molecule has 0 aliphatic carbocycles. The Morgan fingerprint density at radius 2 is 1.94 bits per heavy atom. The van der Waals surface area contributed by atoms with Crippen molar-refractivity contribution < 1.29 is 0 Å². The van der Waals surface area contributed by atoms with Gasteiger partial charge in [0.1, 0.15) is 0 Å². The average molecular weight is 222 g/mol. The molecule has 0 aromatic carbocycles. The number of likely N-dealkylation sites (N-methyl/N-ethyl adjacent to an activating group) is 1. The molecule has 2 heteroatoms. The van der Waals surface area contributed by atoms with E-state index in [1.807, 2.05) is 0 Å². The largest absolute Gasteiger partial charge is 0.365 e. The molecular weight excluding hydrogens is 196 g/mol.